The second-order valence-corrected chi connectivity index (χ2v) is 2.59. The Bertz CT molecular complexity index is 304. The minimum atomic E-state index is -0.279. The first-order valence-corrected chi connectivity index (χ1v) is 3.51. The zero-order chi connectivity index (χ0) is 8.43. The molecule has 0 heterocycles. The number of hydrogen-bond acceptors (Lipinski definition) is 3. The number of hydrogen-bond donors (Lipinski definition) is 2. The molecular weight excluding hydrogens is 234 g/mol. The van der Waals surface area contributed by atoms with Crippen molar-refractivity contribution in [1.82, 2.24) is 0 Å². The van der Waals surface area contributed by atoms with Crippen molar-refractivity contribution in [3.63, 3.8) is 0 Å². The Morgan fingerprint density at radius 3 is 2.08 bits per heavy atom. The van der Waals surface area contributed by atoms with Crippen LogP contribution in [0, 0.1) is 0 Å². The molecule has 1 rings (SSSR count). The highest BCUT2D eigenvalue weighted by Crippen LogP contribution is 2.25. The molecule has 3 nitrogen and oxygen atoms in total. The molecule has 74 valence electrons. The van der Waals surface area contributed by atoms with Crippen LogP contribution in [0.2, 0.25) is 0 Å². The molecule has 1 atom stereocenters. The zero-order valence-corrected chi connectivity index (χ0v) is 9.22. The molecule has 0 saturated heterocycles. The Labute approximate surface area is 90.2 Å². The van der Waals surface area contributed by atoms with E-state index in [2.05, 4.69) is 0 Å². The van der Waals surface area contributed by atoms with Gasteiger partial charge in [0.25, 0.3) is 0 Å². The smallest absolute Gasteiger partial charge is 0.178 e. The van der Waals surface area contributed by atoms with Gasteiger partial charge in [0.1, 0.15) is 0 Å². The lowest BCUT2D eigenvalue weighted by Crippen LogP contribution is -1.85. The van der Waals surface area contributed by atoms with Gasteiger partial charge >= 0.3 is 0 Å². The van der Waals surface area contributed by atoms with Crippen molar-refractivity contribution in [1.29, 1.82) is 0 Å². The van der Waals surface area contributed by atoms with Crippen LogP contribution in [0.3, 0.4) is 0 Å². The number of carbonyl (C=O) groups is 1. The number of benzene rings is 1. The van der Waals surface area contributed by atoms with E-state index in [4.69, 9.17) is 10.2 Å². The number of halogens is 2. The van der Waals surface area contributed by atoms with Crippen LogP contribution in [0.5, 0.6) is 11.5 Å². The van der Waals surface area contributed by atoms with Gasteiger partial charge in [0, 0.05) is 5.56 Å². The first-order valence-electron chi connectivity index (χ1n) is 2.93. The molecule has 0 amide bonds. The molecule has 1 aromatic carbocycles. The lowest BCUT2D eigenvalue weighted by Gasteiger charge is -1.98. The van der Waals surface area contributed by atoms with Crippen LogP contribution in [0.25, 0.3) is 0 Å². The maximum Gasteiger partial charge on any atom is 0.178 e. The van der Waals surface area contributed by atoms with E-state index in [1.807, 2.05) is 9.24 Å². The highest BCUT2D eigenvalue weighted by molar-refractivity contribution is 7.41. The molecule has 0 radical (unpaired) electrons. The van der Waals surface area contributed by atoms with Crippen LogP contribution < -0.4 is 0 Å². The fourth-order valence-corrected chi connectivity index (χ4v) is 0.856. The van der Waals surface area contributed by atoms with E-state index in [1.54, 1.807) is 0 Å². The summed E-state index contributed by atoms with van der Waals surface area (Å²) < 4.78 is 0. The lowest BCUT2D eigenvalue weighted by molar-refractivity contribution is 0.108. The van der Waals surface area contributed by atoms with Gasteiger partial charge in [-0.1, -0.05) is 9.24 Å². The predicted molar refractivity (Wildman–Crippen MR) is 58.3 cm³/mol. The first kappa shape index (κ1) is 15.0. The van der Waals surface area contributed by atoms with Crippen LogP contribution in [-0.2, 0) is 0 Å². The summed E-state index contributed by atoms with van der Waals surface area (Å²) >= 11 is 0. The van der Waals surface area contributed by atoms with E-state index in [9.17, 15) is 4.79 Å². The van der Waals surface area contributed by atoms with Crippen LogP contribution in [0.15, 0.2) is 18.2 Å². The van der Waals surface area contributed by atoms with Crippen molar-refractivity contribution in [3.05, 3.63) is 23.8 Å². The van der Waals surface area contributed by atoms with E-state index < -0.39 is 0 Å². The SMILES string of the molecule is Cl.Cl.O=C(P)c1ccc(O)c(O)c1. The third kappa shape index (κ3) is 3.81. The zero-order valence-electron chi connectivity index (χ0n) is 6.43. The molecule has 1 aromatic rings. The fraction of sp³-hybridized carbons (Fsp3) is 0. The van der Waals surface area contributed by atoms with Gasteiger partial charge in [-0.3, -0.25) is 4.79 Å². The van der Waals surface area contributed by atoms with Gasteiger partial charge in [-0.25, -0.2) is 0 Å². The minimum absolute atomic E-state index is 0. The summed E-state index contributed by atoms with van der Waals surface area (Å²) in [5, 5.41) is 17.8. The summed E-state index contributed by atoms with van der Waals surface area (Å²) in [5.41, 5.74) is 0.130. The Hall–Kier alpha value is -0.500. The third-order valence-corrected chi connectivity index (χ3v) is 1.59. The topological polar surface area (TPSA) is 57.5 Å². The van der Waals surface area contributed by atoms with Gasteiger partial charge in [-0.05, 0) is 18.2 Å². The summed E-state index contributed by atoms with van der Waals surface area (Å²) in [6.45, 7) is 0. The number of phenols is 2. The highest BCUT2D eigenvalue weighted by atomic mass is 35.5. The van der Waals surface area contributed by atoms with Gasteiger partial charge in [-0.2, -0.15) is 0 Å². The second-order valence-electron chi connectivity index (χ2n) is 2.07. The molecule has 0 spiro atoms. The van der Waals surface area contributed by atoms with Gasteiger partial charge in [0.05, 0.1) is 0 Å². The lowest BCUT2D eigenvalue weighted by atomic mass is 10.2. The van der Waals surface area contributed by atoms with Crippen molar-refractivity contribution in [2.45, 2.75) is 0 Å². The predicted octanol–water partition coefficient (Wildman–Crippen LogP) is 1.96. The van der Waals surface area contributed by atoms with Crippen molar-refractivity contribution in [3.8, 4) is 11.5 Å². The summed E-state index contributed by atoms with van der Waals surface area (Å²) in [4.78, 5) is 10.7. The monoisotopic (exact) mass is 242 g/mol. The van der Waals surface area contributed by atoms with E-state index >= 15 is 0 Å². The quantitative estimate of drug-likeness (QED) is 0.585. The summed E-state index contributed by atoms with van der Waals surface area (Å²) in [6, 6.07) is 3.92. The number of aromatic hydroxyl groups is 2. The van der Waals surface area contributed by atoms with Crippen molar-refractivity contribution in [2.75, 3.05) is 0 Å². The summed E-state index contributed by atoms with van der Waals surface area (Å²) in [7, 11) is 1.98. The van der Waals surface area contributed by atoms with E-state index in [0.29, 0.717) is 5.56 Å². The van der Waals surface area contributed by atoms with Crippen LogP contribution in [0.1, 0.15) is 10.4 Å². The molecule has 0 aliphatic rings. The molecule has 13 heavy (non-hydrogen) atoms. The number of phenolic OH excluding ortho intramolecular Hbond substituents is 2. The Balaban J connectivity index is 0. The van der Waals surface area contributed by atoms with Gasteiger partial charge in [0.2, 0.25) is 0 Å². The molecular formula is C7H9Cl2O3P. The van der Waals surface area contributed by atoms with Crippen LogP contribution >= 0.6 is 34.1 Å². The van der Waals surface area contributed by atoms with Crippen LogP contribution in [-0.4, -0.2) is 15.7 Å². The van der Waals surface area contributed by atoms with Gasteiger partial charge in [0.15, 0.2) is 17.0 Å². The molecule has 0 aliphatic heterocycles. The average molecular weight is 243 g/mol. The molecule has 0 fully saturated rings. The minimum Gasteiger partial charge on any atom is -0.504 e. The largest absolute Gasteiger partial charge is 0.504 e. The standard InChI is InChI=1S/C7H7O3P.2ClH/c8-5-2-1-4(7(10)11)3-6(5)9;;/h1-3,8-9H,11H2;2*1H. The first-order chi connectivity index (χ1) is 5.11. The Morgan fingerprint density at radius 1 is 1.15 bits per heavy atom. The van der Waals surface area contributed by atoms with Crippen LogP contribution in [0.4, 0.5) is 0 Å². The fourth-order valence-electron chi connectivity index (χ4n) is 0.677. The maximum absolute atomic E-state index is 10.7. The Kier molecular flexibility index (Phi) is 6.96. The van der Waals surface area contributed by atoms with Gasteiger partial charge in [-0.15, -0.1) is 24.8 Å². The van der Waals surface area contributed by atoms with E-state index in [1.165, 1.54) is 18.2 Å². The van der Waals surface area contributed by atoms with Crippen molar-refractivity contribution >= 4 is 39.6 Å². The molecule has 6 heteroatoms. The molecule has 2 N–H and O–H groups in total. The normalized spacial score (nSPS) is 8.08. The number of carbonyl (C=O) groups excluding carboxylic acids is 1. The second kappa shape index (κ2) is 6.03. The van der Waals surface area contributed by atoms with Crippen molar-refractivity contribution in [2.24, 2.45) is 0 Å². The number of rotatable bonds is 1. The van der Waals surface area contributed by atoms with Crippen molar-refractivity contribution < 1.29 is 15.0 Å². The summed E-state index contributed by atoms with van der Waals surface area (Å²) in [5.74, 6) is -0.502. The summed E-state index contributed by atoms with van der Waals surface area (Å²) in [6.07, 6.45) is 0. The average Bonchev–Trinajstić information content (AvgIpc) is 1.94. The molecule has 0 aromatic heterocycles. The highest BCUT2D eigenvalue weighted by Gasteiger charge is 2.03. The molecule has 1 unspecified atom stereocenters. The van der Waals surface area contributed by atoms with Gasteiger partial charge < -0.3 is 10.2 Å². The molecule has 0 saturated carbocycles. The maximum atomic E-state index is 10.7. The molecule has 0 aliphatic carbocycles. The van der Waals surface area contributed by atoms with E-state index in [0.717, 1.165) is 0 Å². The third-order valence-electron chi connectivity index (χ3n) is 1.26. The Morgan fingerprint density at radius 2 is 1.69 bits per heavy atom. The molecule has 0 bridgehead atoms. The van der Waals surface area contributed by atoms with E-state index in [-0.39, 0.29) is 41.8 Å².